The highest BCUT2D eigenvalue weighted by molar-refractivity contribution is 7.89. The number of rotatable bonds is 9. The molecule has 0 aromatic heterocycles. The zero-order chi connectivity index (χ0) is 17.1. The lowest BCUT2D eigenvalue weighted by Gasteiger charge is -2.12. The molecule has 1 aromatic rings. The van der Waals surface area contributed by atoms with Crippen LogP contribution in [-0.4, -0.2) is 47.4 Å². The van der Waals surface area contributed by atoms with E-state index in [9.17, 15) is 8.42 Å². The summed E-state index contributed by atoms with van der Waals surface area (Å²) >= 11 is 0. The maximum absolute atomic E-state index is 11.3. The van der Waals surface area contributed by atoms with Gasteiger partial charge in [-0.25, -0.2) is 8.42 Å². The second-order valence-electron chi connectivity index (χ2n) is 5.29. The summed E-state index contributed by atoms with van der Waals surface area (Å²) in [7, 11) is -1.26. The molecule has 130 valence electrons. The Labute approximate surface area is 139 Å². The van der Waals surface area contributed by atoms with Gasteiger partial charge >= 0.3 is 0 Å². The van der Waals surface area contributed by atoms with Crippen LogP contribution in [0.3, 0.4) is 0 Å². The van der Waals surface area contributed by atoms with Crippen molar-refractivity contribution in [3.63, 3.8) is 0 Å². The molecular weight excluding hydrogens is 314 g/mol. The van der Waals surface area contributed by atoms with E-state index in [1.807, 2.05) is 31.2 Å². The van der Waals surface area contributed by atoms with Crippen LogP contribution in [0.1, 0.15) is 24.5 Å². The Bertz CT molecular complexity index is 583. The van der Waals surface area contributed by atoms with Gasteiger partial charge in [-0.3, -0.25) is 4.99 Å². The van der Waals surface area contributed by atoms with E-state index in [2.05, 4.69) is 15.6 Å². The van der Waals surface area contributed by atoms with Crippen molar-refractivity contribution in [1.29, 1.82) is 0 Å². The number of ether oxygens (including phenoxy) is 1. The van der Waals surface area contributed by atoms with Gasteiger partial charge in [0, 0.05) is 39.6 Å². The number of benzene rings is 1. The van der Waals surface area contributed by atoms with E-state index in [0.29, 0.717) is 6.54 Å². The third kappa shape index (κ3) is 9.20. The summed E-state index contributed by atoms with van der Waals surface area (Å²) in [6, 6.07) is 7.54. The Morgan fingerprint density at radius 2 is 1.83 bits per heavy atom. The van der Waals surface area contributed by atoms with Crippen LogP contribution in [0.25, 0.3) is 0 Å². The molecule has 0 saturated carbocycles. The van der Waals surface area contributed by atoms with Crippen molar-refractivity contribution in [2.45, 2.75) is 25.6 Å². The van der Waals surface area contributed by atoms with E-state index >= 15 is 0 Å². The minimum absolute atomic E-state index is 0.0732. The number of guanidine groups is 1. The second kappa shape index (κ2) is 10.2. The van der Waals surface area contributed by atoms with Gasteiger partial charge in [0.1, 0.15) is 0 Å². The van der Waals surface area contributed by atoms with Gasteiger partial charge in [0.25, 0.3) is 0 Å². The van der Waals surface area contributed by atoms with E-state index in [1.54, 1.807) is 7.05 Å². The first-order valence-electron chi connectivity index (χ1n) is 7.72. The maximum atomic E-state index is 11.3. The topological polar surface area (TPSA) is 79.8 Å². The molecule has 0 fully saturated rings. The predicted octanol–water partition coefficient (Wildman–Crippen LogP) is 1.32. The first-order chi connectivity index (χ1) is 10.9. The van der Waals surface area contributed by atoms with Gasteiger partial charge in [-0.1, -0.05) is 24.3 Å². The number of nitrogens with one attached hydrogen (secondary N) is 2. The SMILES string of the molecule is CCOCCCNC(=NC)NCc1ccc(CS(C)(=O)=O)cc1. The van der Waals surface area contributed by atoms with Crippen LogP contribution >= 0.6 is 0 Å². The Morgan fingerprint density at radius 1 is 1.17 bits per heavy atom. The molecule has 0 aliphatic heterocycles. The summed E-state index contributed by atoms with van der Waals surface area (Å²) in [5.41, 5.74) is 1.87. The molecule has 0 radical (unpaired) electrons. The predicted molar refractivity (Wildman–Crippen MR) is 94.3 cm³/mol. The van der Waals surface area contributed by atoms with Crippen molar-refractivity contribution < 1.29 is 13.2 Å². The first kappa shape index (κ1) is 19.4. The molecule has 1 aromatic carbocycles. The average molecular weight is 341 g/mol. The summed E-state index contributed by atoms with van der Waals surface area (Å²) in [6.45, 7) is 4.89. The van der Waals surface area contributed by atoms with Crippen LogP contribution in [0.5, 0.6) is 0 Å². The molecule has 0 bridgehead atoms. The molecule has 0 aliphatic rings. The molecule has 0 atom stereocenters. The number of hydrogen-bond acceptors (Lipinski definition) is 4. The van der Waals surface area contributed by atoms with Crippen LogP contribution in [0, 0.1) is 0 Å². The van der Waals surface area contributed by atoms with Crippen molar-refractivity contribution in [3.05, 3.63) is 35.4 Å². The van der Waals surface area contributed by atoms with E-state index in [0.717, 1.165) is 43.3 Å². The number of aliphatic imine (C=N–C) groups is 1. The molecule has 0 spiro atoms. The fraction of sp³-hybridized carbons (Fsp3) is 0.562. The van der Waals surface area contributed by atoms with Crippen molar-refractivity contribution in [2.24, 2.45) is 4.99 Å². The monoisotopic (exact) mass is 341 g/mol. The van der Waals surface area contributed by atoms with E-state index in [-0.39, 0.29) is 5.75 Å². The maximum Gasteiger partial charge on any atom is 0.191 e. The first-order valence-corrected chi connectivity index (χ1v) is 9.78. The second-order valence-corrected chi connectivity index (χ2v) is 7.43. The van der Waals surface area contributed by atoms with Crippen LogP contribution in [-0.2, 0) is 26.9 Å². The molecule has 2 N–H and O–H groups in total. The van der Waals surface area contributed by atoms with Gasteiger partial charge in [0.2, 0.25) is 0 Å². The lowest BCUT2D eigenvalue weighted by molar-refractivity contribution is 0.145. The zero-order valence-corrected chi connectivity index (χ0v) is 14.9. The lowest BCUT2D eigenvalue weighted by atomic mass is 10.1. The normalized spacial score (nSPS) is 12.2. The van der Waals surface area contributed by atoms with Crippen molar-refractivity contribution in [3.8, 4) is 0 Å². The van der Waals surface area contributed by atoms with Crippen LogP contribution < -0.4 is 10.6 Å². The Kier molecular flexibility index (Phi) is 8.65. The van der Waals surface area contributed by atoms with Gasteiger partial charge in [0.05, 0.1) is 5.75 Å². The molecule has 23 heavy (non-hydrogen) atoms. The van der Waals surface area contributed by atoms with Gasteiger partial charge in [-0.15, -0.1) is 0 Å². The Hall–Kier alpha value is -1.60. The molecule has 0 unspecified atom stereocenters. The molecule has 7 heteroatoms. The fourth-order valence-corrected chi connectivity index (χ4v) is 2.79. The summed E-state index contributed by atoms with van der Waals surface area (Å²) in [4.78, 5) is 4.16. The molecule has 6 nitrogen and oxygen atoms in total. The summed E-state index contributed by atoms with van der Waals surface area (Å²) in [5.74, 6) is 0.811. The minimum Gasteiger partial charge on any atom is -0.382 e. The third-order valence-corrected chi connectivity index (χ3v) is 3.96. The van der Waals surface area contributed by atoms with E-state index in [1.165, 1.54) is 6.26 Å². The highest BCUT2D eigenvalue weighted by Crippen LogP contribution is 2.07. The fourth-order valence-electron chi connectivity index (χ4n) is 1.99. The van der Waals surface area contributed by atoms with Gasteiger partial charge < -0.3 is 15.4 Å². The van der Waals surface area contributed by atoms with Gasteiger partial charge in [-0.05, 0) is 24.5 Å². The molecule has 0 saturated heterocycles. The van der Waals surface area contributed by atoms with Crippen LogP contribution in [0.4, 0.5) is 0 Å². The van der Waals surface area contributed by atoms with Gasteiger partial charge in [-0.2, -0.15) is 0 Å². The summed E-state index contributed by atoms with van der Waals surface area (Å²) in [6.07, 6.45) is 2.17. The van der Waals surface area contributed by atoms with Crippen LogP contribution in [0.15, 0.2) is 29.3 Å². The standard InChI is InChI=1S/C16H27N3O3S/c1-4-22-11-5-10-18-16(17-2)19-12-14-6-8-15(9-7-14)13-23(3,20)21/h6-9H,4-5,10-13H2,1-3H3,(H2,17,18,19). The smallest absolute Gasteiger partial charge is 0.191 e. The number of hydrogen-bond donors (Lipinski definition) is 2. The molecular formula is C16H27N3O3S. The quantitative estimate of drug-likeness (QED) is 0.402. The third-order valence-electron chi connectivity index (χ3n) is 3.10. The Morgan fingerprint density at radius 3 is 2.39 bits per heavy atom. The average Bonchev–Trinajstić information content (AvgIpc) is 2.50. The number of sulfone groups is 1. The molecule has 0 aliphatic carbocycles. The molecule has 1 rings (SSSR count). The highest BCUT2D eigenvalue weighted by atomic mass is 32.2. The summed E-state index contributed by atoms with van der Waals surface area (Å²) in [5, 5.41) is 6.44. The van der Waals surface area contributed by atoms with Crippen molar-refractivity contribution >= 4 is 15.8 Å². The van der Waals surface area contributed by atoms with E-state index < -0.39 is 9.84 Å². The molecule has 0 heterocycles. The van der Waals surface area contributed by atoms with Crippen molar-refractivity contribution in [2.75, 3.05) is 33.1 Å². The van der Waals surface area contributed by atoms with Gasteiger partial charge in [0.15, 0.2) is 15.8 Å². The molecule has 0 amide bonds. The van der Waals surface area contributed by atoms with Crippen molar-refractivity contribution in [1.82, 2.24) is 10.6 Å². The van der Waals surface area contributed by atoms with E-state index in [4.69, 9.17) is 4.74 Å². The highest BCUT2D eigenvalue weighted by Gasteiger charge is 2.04. The Balaban J connectivity index is 2.38. The largest absolute Gasteiger partial charge is 0.382 e. The summed E-state index contributed by atoms with van der Waals surface area (Å²) < 4.78 is 27.8. The lowest BCUT2D eigenvalue weighted by Crippen LogP contribution is -2.37. The van der Waals surface area contributed by atoms with Crippen LogP contribution in [0.2, 0.25) is 0 Å². The number of nitrogens with zero attached hydrogens (tertiary/aromatic N) is 1. The minimum atomic E-state index is -2.99. The zero-order valence-electron chi connectivity index (χ0n) is 14.1.